The predicted molar refractivity (Wildman–Crippen MR) is 218 cm³/mol. The topological polar surface area (TPSA) is 32.2 Å². The molecule has 2 N–H and O–H groups in total. The van der Waals surface area contributed by atoms with E-state index >= 15 is 0 Å². The molecule has 0 spiro atoms. The number of hydrogen-bond donors (Lipinski definition) is 2. The van der Waals surface area contributed by atoms with Gasteiger partial charge in [0.2, 0.25) is 0 Å². The Bertz CT molecular complexity index is 2930. The van der Waals surface area contributed by atoms with Gasteiger partial charge < -0.3 is 4.57 Å². The third-order valence-corrected chi connectivity index (χ3v) is 11.5. The Balaban J connectivity index is 1.24. The Morgan fingerprint density at radius 3 is 1.50 bits per heavy atom. The van der Waals surface area contributed by atoms with Crippen LogP contribution in [-0.4, -0.2) is 16.5 Å². The van der Waals surface area contributed by atoms with Crippen molar-refractivity contribution in [3.8, 4) is 0 Å². The maximum Gasteiger partial charge on any atom is 0.142 e. The van der Waals surface area contributed by atoms with Gasteiger partial charge >= 0.3 is 0 Å². The lowest BCUT2D eigenvalue weighted by molar-refractivity contribution is 0.0225. The molecule has 10 aromatic rings. The number of para-hydroxylation sites is 1. The van der Waals surface area contributed by atoms with Crippen molar-refractivity contribution in [2.24, 2.45) is 0 Å². The van der Waals surface area contributed by atoms with E-state index in [0.29, 0.717) is 0 Å². The Kier molecular flexibility index (Phi) is 6.56. The molecule has 1 fully saturated rings. The second-order valence-electron chi connectivity index (χ2n) is 14.2. The average molecular weight is 669 g/mol. The van der Waals surface area contributed by atoms with E-state index in [9.17, 15) is 0 Å². The molecule has 11 rings (SSSR count). The Morgan fingerprint density at radius 1 is 0.385 bits per heavy atom. The normalized spacial score (nSPS) is 18.4. The van der Waals surface area contributed by atoms with Crippen LogP contribution >= 0.6 is 0 Å². The monoisotopic (exact) mass is 668 g/mol. The van der Waals surface area contributed by atoms with Gasteiger partial charge in [0.15, 0.2) is 0 Å². The molecule has 4 heteroatoms. The molecule has 0 bridgehead atoms. The molecule has 1 saturated heterocycles. The molecule has 0 radical (unpaired) electrons. The van der Waals surface area contributed by atoms with Gasteiger partial charge in [-0.3, -0.25) is 15.5 Å². The lowest BCUT2D eigenvalue weighted by atomic mass is 9.93. The van der Waals surface area contributed by atoms with Crippen LogP contribution < -0.4 is 10.6 Å². The van der Waals surface area contributed by atoms with Gasteiger partial charge in [-0.1, -0.05) is 164 Å². The summed E-state index contributed by atoms with van der Waals surface area (Å²) in [5.41, 5.74) is 4.97. The van der Waals surface area contributed by atoms with Crippen LogP contribution in [-0.2, 0) is 0 Å². The van der Waals surface area contributed by atoms with Crippen molar-refractivity contribution in [3.63, 3.8) is 0 Å². The van der Waals surface area contributed by atoms with Gasteiger partial charge in [0, 0.05) is 21.5 Å². The fraction of sp³-hybridized carbons (Fsp3) is 0.0833. The van der Waals surface area contributed by atoms with Gasteiger partial charge in [0.1, 0.15) is 6.29 Å². The van der Waals surface area contributed by atoms with Crippen LogP contribution in [0.4, 0.5) is 0 Å². The molecule has 0 aliphatic carbocycles. The van der Waals surface area contributed by atoms with Crippen LogP contribution in [0.2, 0.25) is 0 Å². The van der Waals surface area contributed by atoms with E-state index in [2.05, 4.69) is 197 Å². The van der Waals surface area contributed by atoms with Gasteiger partial charge in [-0.15, -0.1) is 0 Å². The van der Waals surface area contributed by atoms with Crippen LogP contribution in [0.1, 0.15) is 29.7 Å². The molecule has 1 aliphatic rings. The summed E-state index contributed by atoms with van der Waals surface area (Å²) in [5.74, 6) is 0. The molecule has 0 saturated carbocycles. The van der Waals surface area contributed by atoms with Gasteiger partial charge in [-0.2, -0.15) is 0 Å². The molecular formula is C48H36N4. The molecule has 0 amide bonds. The van der Waals surface area contributed by atoms with Crippen molar-refractivity contribution in [2.75, 3.05) is 7.05 Å². The zero-order valence-electron chi connectivity index (χ0n) is 28.8. The summed E-state index contributed by atoms with van der Waals surface area (Å²) in [5, 5.41) is 23.6. The van der Waals surface area contributed by atoms with Gasteiger partial charge in [-0.25, -0.2) is 0 Å². The fourth-order valence-electron chi connectivity index (χ4n) is 9.22. The number of fused-ring (bicyclic) bond motifs is 12. The molecule has 2 unspecified atom stereocenters. The lowest BCUT2D eigenvalue weighted by Gasteiger charge is -2.46. The first-order valence-corrected chi connectivity index (χ1v) is 18.2. The highest BCUT2D eigenvalue weighted by molar-refractivity contribution is 6.36. The van der Waals surface area contributed by atoms with Crippen LogP contribution in [0.5, 0.6) is 0 Å². The molecule has 2 heterocycles. The van der Waals surface area contributed by atoms with Crippen molar-refractivity contribution in [1.82, 2.24) is 20.1 Å². The summed E-state index contributed by atoms with van der Waals surface area (Å²) < 4.78 is 2.55. The number of rotatable bonds is 3. The Morgan fingerprint density at radius 2 is 0.865 bits per heavy atom. The minimum atomic E-state index is -0.248. The highest BCUT2D eigenvalue weighted by atomic mass is 15.5. The number of hydrogen-bond acceptors (Lipinski definition) is 3. The standard InChI is InChI=1S/C48H36N4/c1-51-46(39-25-12-17-30-14-2-5-19-33(30)39)49-48(50-47(51)40-26-13-18-31-15-3-6-20-34(31)40)52-42-27-11-10-24-41(42)44-43-35-21-7-4-16-32(35)28-29-37(43)36-22-8-9-23-38(36)45(44)52/h2-29,46-50H,1H3. The highest BCUT2D eigenvalue weighted by Gasteiger charge is 2.37. The van der Waals surface area contributed by atoms with E-state index in [1.165, 1.54) is 86.8 Å². The maximum atomic E-state index is 4.17. The van der Waals surface area contributed by atoms with Crippen molar-refractivity contribution >= 4 is 75.7 Å². The number of aromatic nitrogens is 1. The largest absolute Gasteiger partial charge is 0.311 e. The second-order valence-corrected chi connectivity index (χ2v) is 14.2. The third kappa shape index (κ3) is 4.26. The third-order valence-electron chi connectivity index (χ3n) is 11.5. The zero-order valence-corrected chi connectivity index (χ0v) is 28.8. The first-order chi connectivity index (χ1) is 25.7. The van der Waals surface area contributed by atoms with Gasteiger partial charge in [0.25, 0.3) is 0 Å². The Labute approximate surface area is 301 Å². The zero-order chi connectivity index (χ0) is 34.3. The van der Waals surface area contributed by atoms with E-state index in [4.69, 9.17) is 0 Å². The maximum absolute atomic E-state index is 4.17. The first kappa shape index (κ1) is 29.7. The molecule has 4 nitrogen and oxygen atoms in total. The molecule has 248 valence electrons. The van der Waals surface area contributed by atoms with Crippen molar-refractivity contribution < 1.29 is 0 Å². The number of nitrogens with one attached hydrogen (secondary N) is 2. The van der Waals surface area contributed by atoms with E-state index in [0.717, 1.165) is 0 Å². The van der Waals surface area contributed by atoms with Crippen molar-refractivity contribution in [1.29, 1.82) is 0 Å². The number of nitrogens with zero attached hydrogens (tertiary/aromatic N) is 2. The van der Waals surface area contributed by atoms with E-state index in [-0.39, 0.29) is 18.6 Å². The van der Waals surface area contributed by atoms with E-state index in [1.54, 1.807) is 0 Å². The van der Waals surface area contributed by atoms with E-state index < -0.39 is 0 Å². The molecule has 52 heavy (non-hydrogen) atoms. The molecular weight excluding hydrogens is 633 g/mol. The molecule has 9 aromatic carbocycles. The van der Waals surface area contributed by atoms with Crippen LogP contribution in [0, 0.1) is 0 Å². The number of benzene rings is 9. The summed E-state index contributed by atoms with van der Waals surface area (Å²) >= 11 is 0. The van der Waals surface area contributed by atoms with Gasteiger partial charge in [0.05, 0.1) is 23.4 Å². The van der Waals surface area contributed by atoms with Crippen LogP contribution in [0.25, 0.3) is 75.7 Å². The van der Waals surface area contributed by atoms with E-state index in [1.807, 2.05) is 0 Å². The van der Waals surface area contributed by atoms with Crippen molar-refractivity contribution in [2.45, 2.75) is 18.6 Å². The molecule has 2 atom stereocenters. The Hall–Kier alpha value is -6.04. The summed E-state index contributed by atoms with van der Waals surface area (Å²) in [6.45, 7) is 0. The average Bonchev–Trinajstić information content (AvgIpc) is 3.56. The molecule has 1 aromatic heterocycles. The van der Waals surface area contributed by atoms with Crippen LogP contribution in [0.15, 0.2) is 170 Å². The lowest BCUT2D eigenvalue weighted by Crippen LogP contribution is -2.56. The summed E-state index contributed by atoms with van der Waals surface area (Å²) in [4.78, 5) is 2.47. The predicted octanol–water partition coefficient (Wildman–Crippen LogP) is 11.5. The van der Waals surface area contributed by atoms with Crippen LogP contribution in [0.3, 0.4) is 0 Å². The second kappa shape index (κ2) is 11.5. The highest BCUT2D eigenvalue weighted by Crippen LogP contribution is 2.46. The summed E-state index contributed by atoms with van der Waals surface area (Å²) in [7, 11) is 2.25. The summed E-state index contributed by atoms with van der Waals surface area (Å²) in [6.07, 6.45) is -0.433. The van der Waals surface area contributed by atoms with Crippen molar-refractivity contribution in [3.05, 3.63) is 181 Å². The molecule has 1 aliphatic heterocycles. The fourth-order valence-corrected chi connectivity index (χ4v) is 9.22. The summed E-state index contributed by atoms with van der Waals surface area (Å²) in [6, 6.07) is 62.3. The SMILES string of the molecule is CN1C(c2cccc3ccccc23)NC(n2c3ccccc3c3c4c5ccccc5ccc4c4ccccc4c32)NC1c1cccc2ccccc12. The minimum absolute atomic E-state index is 0.0925. The first-order valence-electron chi connectivity index (χ1n) is 18.2. The quantitative estimate of drug-likeness (QED) is 0.184. The van der Waals surface area contributed by atoms with Gasteiger partial charge in [-0.05, 0) is 67.3 Å². The smallest absolute Gasteiger partial charge is 0.142 e. The minimum Gasteiger partial charge on any atom is -0.311 e.